The fourth-order valence-corrected chi connectivity index (χ4v) is 1.97. The fourth-order valence-electron chi connectivity index (χ4n) is 1.45. The molecule has 0 spiro atoms. The molecule has 0 N–H and O–H groups in total. The lowest BCUT2D eigenvalue weighted by Gasteiger charge is -2.02. The van der Waals surface area contributed by atoms with Gasteiger partial charge in [-0.2, -0.15) is 8.73 Å². The second-order valence-corrected chi connectivity index (χ2v) is 4.63. The molecule has 0 saturated heterocycles. The zero-order chi connectivity index (χ0) is 19.0. The molecule has 0 aliphatic carbocycles. The first-order valence-electron chi connectivity index (χ1n) is 5.70. The van der Waals surface area contributed by atoms with Gasteiger partial charge >= 0.3 is 0 Å². The van der Waals surface area contributed by atoms with Gasteiger partial charge in [-0.1, -0.05) is 0 Å². The Bertz CT molecular complexity index is 820. The molecule has 0 heterocycles. The van der Waals surface area contributed by atoms with E-state index < -0.39 is 80.9 Å². The maximum Gasteiger partial charge on any atom is 0.200 e. The van der Waals surface area contributed by atoms with Gasteiger partial charge < -0.3 is 0 Å². The predicted octanol–water partition coefficient (Wildman–Crippen LogP) is 5.49. The van der Waals surface area contributed by atoms with Crippen molar-refractivity contribution in [2.45, 2.75) is 0 Å². The molecule has 2 nitrogen and oxygen atoms in total. The quantitative estimate of drug-likeness (QED) is 0.366. The highest BCUT2D eigenvalue weighted by molar-refractivity contribution is 7.57. The van der Waals surface area contributed by atoms with Crippen LogP contribution in [-0.2, 0) is 11.4 Å². The van der Waals surface area contributed by atoms with E-state index in [2.05, 4.69) is 8.73 Å². The van der Waals surface area contributed by atoms with Crippen molar-refractivity contribution in [1.29, 1.82) is 0 Å². The minimum Gasteiger partial charge on any atom is -0.201 e. The van der Waals surface area contributed by atoms with E-state index in [0.29, 0.717) is 0 Å². The SMILES string of the molecule is Fc1c(F)c(F)c(N=S=Nc2c(F)c(F)c(F)c(F)c2F)c(F)c1F. The molecule has 0 radical (unpaired) electrons. The van der Waals surface area contributed by atoms with Gasteiger partial charge in [0.05, 0.1) is 11.4 Å². The van der Waals surface area contributed by atoms with Crippen LogP contribution in [-0.4, -0.2) is 0 Å². The summed E-state index contributed by atoms with van der Waals surface area (Å²) in [6.07, 6.45) is 0. The molecule has 0 aromatic heterocycles. The maximum atomic E-state index is 13.3. The third-order valence-corrected chi connectivity index (χ3v) is 3.17. The van der Waals surface area contributed by atoms with Crippen LogP contribution in [0.4, 0.5) is 55.3 Å². The molecule has 0 unspecified atom stereocenters. The van der Waals surface area contributed by atoms with Crippen LogP contribution in [0.2, 0.25) is 0 Å². The Balaban J connectivity index is 2.63. The van der Waals surface area contributed by atoms with Gasteiger partial charge in [0, 0.05) is 0 Å². The van der Waals surface area contributed by atoms with Gasteiger partial charge in [0.2, 0.25) is 11.6 Å². The minimum absolute atomic E-state index is 0.559. The monoisotopic (exact) mass is 394 g/mol. The van der Waals surface area contributed by atoms with Gasteiger partial charge in [-0.15, -0.1) is 0 Å². The molecule has 25 heavy (non-hydrogen) atoms. The fraction of sp³-hybridized carbons (Fsp3) is 0. The van der Waals surface area contributed by atoms with Crippen LogP contribution in [0, 0.1) is 58.2 Å². The Morgan fingerprint density at radius 2 is 0.560 bits per heavy atom. The van der Waals surface area contributed by atoms with Gasteiger partial charge in [0.25, 0.3) is 0 Å². The molecule has 134 valence electrons. The van der Waals surface area contributed by atoms with E-state index in [1.165, 1.54) is 0 Å². The van der Waals surface area contributed by atoms with Gasteiger partial charge in [-0.25, -0.2) is 43.9 Å². The van der Waals surface area contributed by atoms with E-state index in [-0.39, 0.29) is 0 Å². The molecule has 2 aromatic carbocycles. The lowest BCUT2D eigenvalue weighted by molar-refractivity contribution is 0.381. The van der Waals surface area contributed by atoms with E-state index in [0.717, 1.165) is 0 Å². The van der Waals surface area contributed by atoms with Crippen molar-refractivity contribution in [3.8, 4) is 0 Å². The van der Waals surface area contributed by atoms with Gasteiger partial charge in [-0.05, 0) is 0 Å². The highest BCUT2D eigenvalue weighted by Gasteiger charge is 2.27. The van der Waals surface area contributed by atoms with Crippen LogP contribution in [0.25, 0.3) is 0 Å². The molecule has 13 heteroatoms. The third kappa shape index (κ3) is 3.10. The maximum absolute atomic E-state index is 13.3. The third-order valence-electron chi connectivity index (χ3n) is 2.64. The molecule has 2 rings (SSSR count). The summed E-state index contributed by atoms with van der Waals surface area (Å²) in [5.74, 6) is -23.9. The Morgan fingerprint density at radius 3 is 0.800 bits per heavy atom. The summed E-state index contributed by atoms with van der Waals surface area (Å²) in [7, 11) is 0. The number of benzene rings is 2. The molecular formula is C12F10N2S. The highest BCUT2D eigenvalue weighted by atomic mass is 32.1. The van der Waals surface area contributed by atoms with Crippen molar-refractivity contribution in [1.82, 2.24) is 0 Å². The van der Waals surface area contributed by atoms with Crippen LogP contribution in [0.5, 0.6) is 0 Å². The molecule has 0 aliphatic heterocycles. The number of halogens is 10. The topological polar surface area (TPSA) is 24.7 Å². The Hall–Kier alpha value is -2.44. The molecule has 0 amide bonds. The first kappa shape index (κ1) is 18.9. The molecule has 0 aliphatic rings. The Morgan fingerprint density at radius 1 is 0.360 bits per heavy atom. The summed E-state index contributed by atoms with van der Waals surface area (Å²) >= 11 is -0.559. The highest BCUT2D eigenvalue weighted by Crippen LogP contribution is 2.31. The summed E-state index contributed by atoms with van der Waals surface area (Å²) in [6.45, 7) is 0. The van der Waals surface area contributed by atoms with E-state index in [1.54, 1.807) is 0 Å². The van der Waals surface area contributed by atoms with Crippen LogP contribution in [0.1, 0.15) is 0 Å². The lowest BCUT2D eigenvalue weighted by atomic mass is 10.2. The van der Waals surface area contributed by atoms with E-state index in [9.17, 15) is 43.9 Å². The zero-order valence-electron chi connectivity index (χ0n) is 11.1. The molecule has 0 fully saturated rings. The Labute approximate surface area is 134 Å². The lowest BCUT2D eigenvalue weighted by Crippen LogP contribution is -2.00. The van der Waals surface area contributed by atoms with Crippen LogP contribution in [0.15, 0.2) is 8.73 Å². The second-order valence-electron chi connectivity index (χ2n) is 4.10. The summed E-state index contributed by atoms with van der Waals surface area (Å²) in [5, 5.41) is 0. The largest absolute Gasteiger partial charge is 0.201 e. The van der Waals surface area contributed by atoms with E-state index in [1.807, 2.05) is 0 Å². The molecule has 0 bridgehead atoms. The first-order valence-corrected chi connectivity index (χ1v) is 6.43. The van der Waals surface area contributed by atoms with Crippen LogP contribution >= 0.6 is 0 Å². The molecule has 0 saturated carbocycles. The van der Waals surface area contributed by atoms with Gasteiger partial charge in [0.15, 0.2) is 57.9 Å². The molecule has 0 atom stereocenters. The molecule has 2 aromatic rings. The molecular weight excluding hydrogens is 394 g/mol. The van der Waals surface area contributed by atoms with Gasteiger partial charge in [-0.3, -0.25) is 0 Å². The van der Waals surface area contributed by atoms with E-state index in [4.69, 9.17) is 0 Å². The normalized spacial score (nSPS) is 10.8. The van der Waals surface area contributed by atoms with Crippen molar-refractivity contribution >= 4 is 22.7 Å². The first-order chi connectivity index (χ1) is 11.6. The average Bonchev–Trinajstić information content (AvgIpc) is 2.60. The number of nitrogens with zero attached hydrogens (tertiary/aromatic N) is 2. The smallest absolute Gasteiger partial charge is 0.200 e. The minimum atomic E-state index is -2.48. The number of hydrogen-bond donors (Lipinski definition) is 0. The summed E-state index contributed by atoms with van der Waals surface area (Å²) in [5.41, 5.74) is -3.51. The number of hydrogen-bond acceptors (Lipinski definition) is 2. The average molecular weight is 394 g/mol. The number of rotatable bonds is 2. The van der Waals surface area contributed by atoms with Crippen molar-refractivity contribution in [2.24, 2.45) is 8.73 Å². The second kappa shape index (κ2) is 6.82. The van der Waals surface area contributed by atoms with Crippen molar-refractivity contribution in [3.63, 3.8) is 0 Å². The summed E-state index contributed by atoms with van der Waals surface area (Å²) < 4.78 is 136. The van der Waals surface area contributed by atoms with Gasteiger partial charge in [0.1, 0.15) is 0 Å². The zero-order valence-corrected chi connectivity index (χ0v) is 11.9. The van der Waals surface area contributed by atoms with Crippen LogP contribution in [0.3, 0.4) is 0 Å². The van der Waals surface area contributed by atoms with Crippen molar-refractivity contribution in [2.75, 3.05) is 0 Å². The standard InChI is InChI=1S/C12F10N2S/c13-1-3(15)7(19)11(8(20)4(1)16)23-25-24-12-9(21)5(17)2(14)6(18)10(12)22. The van der Waals surface area contributed by atoms with Crippen LogP contribution < -0.4 is 0 Å². The van der Waals surface area contributed by atoms with Crippen molar-refractivity contribution in [3.05, 3.63) is 58.2 Å². The predicted molar refractivity (Wildman–Crippen MR) is 64.0 cm³/mol. The van der Waals surface area contributed by atoms with Crippen molar-refractivity contribution < 1.29 is 43.9 Å². The Kier molecular flexibility index (Phi) is 5.15. The van der Waals surface area contributed by atoms with E-state index >= 15 is 0 Å². The summed E-state index contributed by atoms with van der Waals surface area (Å²) in [6, 6.07) is 0. The summed E-state index contributed by atoms with van der Waals surface area (Å²) in [4.78, 5) is 0.